The van der Waals surface area contributed by atoms with E-state index >= 15 is 0 Å². The smallest absolute Gasteiger partial charge is 0.292 e. The zero-order valence-corrected chi connectivity index (χ0v) is 10.7. The Morgan fingerprint density at radius 2 is 2.32 bits per heavy atom. The summed E-state index contributed by atoms with van der Waals surface area (Å²) in [5, 5.41) is 0. The standard InChI is InChI=1S/C13H15N3O3/c1-8-2-3-9(18-8)6-12(17)16-5-4-10-11(7-16)19-13(14)15-10/h2-3H,4-7H2,1H3,(H2,14,15). The molecule has 2 aromatic heterocycles. The second-order valence-electron chi connectivity index (χ2n) is 4.68. The van der Waals surface area contributed by atoms with Gasteiger partial charge >= 0.3 is 0 Å². The van der Waals surface area contributed by atoms with Gasteiger partial charge in [-0.25, -0.2) is 0 Å². The lowest BCUT2D eigenvalue weighted by molar-refractivity contribution is -0.131. The molecular weight excluding hydrogens is 246 g/mol. The number of amides is 1. The molecule has 1 aliphatic heterocycles. The fourth-order valence-electron chi connectivity index (χ4n) is 2.27. The van der Waals surface area contributed by atoms with Gasteiger partial charge in [0, 0.05) is 13.0 Å². The first-order chi connectivity index (χ1) is 9.11. The Kier molecular flexibility index (Phi) is 2.77. The highest BCUT2D eigenvalue weighted by Gasteiger charge is 2.25. The van der Waals surface area contributed by atoms with Crippen LogP contribution in [0.2, 0.25) is 0 Å². The quantitative estimate of drug-likeness (QED) is 0.880. The monoisotopic (exact) mass is 261 g/mol. The number of furan rings is 1. The van der Waals surface area contributed by atoms with Crippen molar-refractivity contribution in [1.82, 2.24) is 9.88 Å². The maximum absolute atomic E-state index is 12.2. The lowest BCUT2D eigenvalue weighted by Crippen LogP contribution is -2.36. The summed E-state index contributed by atoms with van der Waals surface area (Å²) < 4.78 is 10.7. The van der Waals surface area contributed by atoms with Gasteiger partial charge in [-0.1, -0.05) is 0 Å². The van der Waals surface area contributed by atoms with Gasteiger partial charge in [-0.15, -0.1) is 0 Å². The molecule has 0 radical (unpaired) electrons. The molecule has 1 aliphatic rings. The van der Waals surface area contributed by atoms with E-state index in [1.807, 2.05) is 19.1 Å². The Bertz CT molecular complexity index is 614. The number of fused-ring (bicyclic) bond motifs is 1. The van der Waals surface area contributed by atoms with Crippen LogP contribution in [0.4, 0.5) is 6.01 Å². The summed E-state index contributed by atoms with van der Waals surface area (Å²) in [6, 6.07) is 3.85. The van der Waals surface area contributed by atoms with E-state index in [1.54, 1.807) is 4.90 Å². The number of aromatic nitrogens is 1. The van der Waals surface area contributed by atoms with Gasteiger partial charge in [0.2, 0.25) is 5.91 Å². The van der Waals surface area contributed by atoms with Crippen molar-refractivity contribution in [3.8, 4) is 0 Å². The molecule has 0 saturated carbocycles. The lowest BCUT2D eigenvalue weighted by atomic mass is 10.1. The van der Waals surface area contributed by atoms with Crippen molar-refractivity contribution in [1.29, 1.82) is 0 Å². The van der Waals surface area contributed by atoms with Crippen molar-refractivity contribution < 1.29 is 13.6 Å². The number of rotatable bonds is 2. The van der Waals surface area contributed by atoms with Crippen LogP contribution in [-0.4, -0.2) is 22.3 Å². The molecule has 3 heterocycles. The van der Waals surface area contributed by atoms with Gasteiger partial charge in [0.15, 0.2) is 0 Å². The first-order valence-electron chi connectivity index (χ1n) is 6.19. The van der Waals surface area contributed by atoms with Crippen molar-refractivity contribution in [3.05, 3.63) is 35.1 Å². The third kappa shape index (κ3) is 2.33. The van der Waals surface area contributed by atoms with Crippen LogP contribution in [0.1, 0.15) is 23.0 Å². The number of hydrogen-bond donors (Lipinski definition) is 1. The van der Waals surface area contributed by atoms with Gasteiger partial charge in [0.1, 0.15) is 17.3 Å². The minimum atomic E-state index is 0.0231. The van der Waals surface area contributed by atoms with Gasteiger partial charge in [-0.3, -0.25) is 4.79 Å². The summed E-state index contributed by atoms with van der Waals surface area (Å²) >= 11 is 0. The molecule has 0 spiro atoms. The highest BCUT2D eigenvalue weighted by Crippen LogP contribution is 2.21. The van der Waals surface area contributed by atoms with E-state index in [4.69, 9.17) is 14.6 Å². The maximum atomic E-state index is 12.2. The topological polar surface area (TPSA) is 85.5 Å². The van der Waals surface area contributed by atoms with E-state index in [0.717, 1.165) is 11.5 Å². The number of oxazole rings is 1. The Hall–Kier alpha value is -2.24. The van der Waals surface area contributed by atoms with Crippen molar-refractivity contribution in [2.75, 3.05) is 12.3 Å². The molecule has 2 aromatic rings. The van der Waals surface area contributed by atoms with Gasteiger partial charge in [0.05, 0.1) is 18.7 Å². The van der Waals surface area contributed by atoms with Crippen molar-refractivity contribution in [3.63, 3.8) is 0 Å². The highest BCUT2D eigenvalue weighted by molar-refractivity contribution is 5.78. The lowest BCUT2D eigenvalue weighted by Gasteiger charge is -2.24. The Morgan fingerprint density at radius 3 is 3.05 bits per heavy atom. The van der Waals surface area contributed by atoms with Crippen LogP contribution in [0.5, 0.6) is 0 Å². The molecule has 0 bridgehead atoms. The number of anilines is 1. The Balaban J connectivity index is 1.69. The predicted molar refractivity (Wildman–Crippen MR) is 67.2 cm³/mol. The number of carbonyl (C=O) groups is 1. The number of nitrogens with two attached hydrogens (primary N) is 1. The van der Waals surface area contributed by atoms with Gasteiger partial charge in [-0.05, 0) is 19.1 Å². The average Bonchev–Trinajstić information content (AvgIpc) is 2.93. The van der Waals surface area contributed by atoms with E-state index in [2.05, 4.69) is 4.98 Å². The maximum Gasteiger partial charge on any atom is 0.292 e. The van der Waals surface area contributed by atoms with Crippen molar-refractivity contribution in [2.45, 2.75) is 26.3 Å². The SMILES string of the molecule is Cc1ccc(CC(=O)N2CCc3nc(N)oc3C2)o1. The minimum Gasteiger partial charge on any atom is -0.466 e. The third-order valence-corrected chi connectivity index (χ3v) is 3.22. The molecule has 6 nitrogen and oxygen atoms in total. The summed E-state index contributed by atoms with van der Waals surface area (Å²) in [5.74, 6) is 2.21. The summed E-state index contributed by atoms with van der Waals surface area (Å²) in [5.41, 5.74) is 6.37. The van der Waals surface area contributed by atoms with E-state index in [1.165, 1.54) is 0 Å². The fourth-order valence-corrected chi connectivity index (χ4v) is 2.27. The Labute approximate surface area is 110 Å². The Morgan fingerprint density at radius 1 is 1.47 bits per heavy atom. The zero-order valence-electron chi connectivity index (χ0n) is 10.7. The van der Waals surface area contributed by atoms with E-state index < -0.39 is 0 Å². The molecule has 3 rings (SSSR count). The van der Waals surface area contributed by atoms with Crippen LogP contribution in [0.25, 0.3) is 0 Å². The number of hydrogen-bond acceptors (Lipinski definition) is 5. The molecule has 0 saturated heterocycles. The minimum absolute atomic E-state index is 0.0231. The van der Waals surface area contributed by atoms with E-state index in [9.17, 15) is 4.79 Å². The molecule has 0 aliphatic carbocycles. The molecule has 1 amide bonds. The molecule has 19 heavy (non-hydrogen) atoms. The highest BCUT2D eigenvalue weighted by atomic mass is 16.4. The normalized spacial score (nSPS) is 14.5. The fraction of sp³-hybridized carbons (Fsp3) is 0.385. The molecule has 0 unspecified atom stereocenters. The number of nitrogens with zero attached hydrogens (tertiary/aromatic N) is 2. The van der Waals surface area contributed by atoms with Crippen LogP contribution in [0.15, 0.2) is 21.0 Å². The average molecular weight is 261 g/mol. The predicted octanol–water partition coefficient (Wildman–Crippen LogP) is 1.29. The second-order valence-corrected chi connectivity index (χ2v) is 4.68. The van der Waals surface area contributed by atoms with Crippen molar-refractivity contribution in [2.24, 2.45) is 0 Å². The number of nitrogen functional groups attached to an aromatic ring is 1. The summed E-state index contributed by atoms with van der Waals surface area (Å²) in [7, 11) is 0. The van der Waals surface area contributed by atoms with E-state index in [0.29, 0.717) is 31.0 Å². The molecule has 100 valence electrons. The third-order valence-electron chi connectivity index (χ3n) is 3.22. The summed E-state index contributed by atoms with van der Waals surface area (Å²) in [6.45, 7) is 2.92. The molecule has 0 aromatic carbocycles. The van der Waals surface area contributed by atoms with Gasteiger partial charge in [0.25, 0.3) is 6.01 Å². The molecule has 6 heteroatoms. The van der Waals surface area contributed by atoms with Crippen LogP contribution >= 0.6 is 0 Å². The second kappa shape index (κ2) is 4.46. The van der Waals surface area contributed by atoms with Crippen LogP contribution in [0.3, 0.4) is 0 Å². The summed E-state index contributed by atoms with van der Waals surface area (Å²) in [6.07, 6.45) is 0.950. The largest absolute Gasteiger partial charge is 0.466 e. The van der Waals surface area contributed by atoms with E-state index in [-0.39, 0.29) is 18.3 Å². The van der Waals surface area contributed by atoms with Crippen LogP contribution in [0, 0.1) is 6.92 Å². The van der Waals surface area contributed by atoms with Gasteiger partial charge < -0.3 is 19.5 Å². The zero-order chi connectivity index (χ0) is 13.4. The first kappa shape index (κ1) is 11.8. The molecular formula is C13H15N3O3. The molecule has 2 N–H and O–H groups in total. The molecule has 0 atom stereocenters. The first-order valence-corrected chi connectivity index (χ1v) is 6.19. The summed E-state index contributed by atoms with van der Waals surface area (Å²) in [4.78, 5) is 18.0. The van der Waals surface area contributed by atoms with Crippen molar-refractivity contribution >= 4 is 11.9 Å². The van der Waals surface area contributed by atoms with Crippen LogP contribution in [-0.2, 0) is 24.2 Å². The van der Waals surface area contributed by atoms with Crippen LogP contribution < -0.4 is 5.73 Å². The number of carbonyl (C=O) groups excluding carboxylic acids is 1. The van der Waals surface area contributed by atoms with Gasteiger partial charge in [-0.2, -0.15) is 4.98 Å². The number of aryl methyl sites for hydroxylation is 1. The molecule has 0 fully saturated rings.